The predicted octanol–water partition coefficient (Wildman–Crippen LogP) is 5.24. The number of nitrogens with zero attached hydrogens (tertiary/aromatic N) is 2. The Bertz CT molecular complexity index is 1110. The van der Waals surface area contributed by atoms with E-state index < -0.39 is 9.84 Å². The Morgan fingerprint density at radius 1 is 1.00 bits per heavy atom. The number of hydrogen-bond acceptors (Lipinski definition) is 5. The van der Waals surface area contributed by atoms with E-state index in [1.807, 2.05) is 24.3 Å². The molecule has 0 aliphatic heterocycles. The summed E-state index contributed by atoms with van der Waals surface area (Å²) in [6.45, 7) is 2.18. The van der Waals surface area contributed by atoms with Gasteiger partial charge in [-0.3, -0.25) is 0 Å². The zero-order valence-electron chi connectivity index (χ0n) is 16.4. The minimum Gasteiger partial charge on any atom is -0.241 e. The molecule has 1 aromatic carbocycles. The van der Waals surface area contributed by atoms with Crippen molar-refractivity contribution in [3.8, 4) is 10.6 Å². The third-order valence-corrected chi connectivity index (χ3v) is 8.96. The zero-order chi connectivity index (χ0) is 20.3. The normalized spacial score (nSPS) is 14.5. The molecule has 0 saturated heterocycles. The number of thiophene rings is 1. The first-order valence-corrected chi connectivity index (χ1v) is 12.3. The van der Waals surface area contributed by atoms with E-state index in [2.05, 4.69) is 41.2 Å². The summed E-state index contributed by atoms with van der Waals surface area (Å²) in [6, 6.07) is 14.0. The largest absolute Gasteiger partial charge is 0.241 e. The lowest BCUT2D eigenvalue weighted by Crippen LogP contribution is -2.16. The molecule has 0 N–H and O–H groups in total. The van der Waals surface area contributed by atoms with Crippen LogP contribution in [-0.2, 0) is 22.7 Å². The molecule has 2 heterocycles. The number of aromatic nitrogens is 2. The third kappa shape index (κ3) is 4.49. The molecule has 1 aliphatic carbocycles. The first kappa shape index (κ1) is 20.0. The van der Waals surface area contributed by atoms with Crippen LogP contribution in [0.5, 0.6) is 0 Å². The summed E-state index contributed by atoms with van der Waals surface area (Å²) < 4.78 is 26.0. The van der Waals surface area contributed by atoms with Crippen LogP contribution in [0.3, 0.4) is 0 Å². The summed E-state index contributed by atoms with van der Waals surface area (Å²) in [6.07, 6.45) is 9.73. The van der Waals surface area contributed by atoms with Crippen molar-refractivity contribution in [3.63, 3.8) is 0 Å². The van der Waals surface area contributed by atoms with Gasteiger partial charge in [-0.15, -0.1) is 11.3 Å². The molecule has 0 fully saturated rings. The quantitative estimate of drug-likeness (QED) is 0.487. The summed E-state index contributed by atoms with van der Waals surface area (Å²) in [5.41, 5.74) is 3.29. The van der Waals surface area contributed by atoms with Crippen molar-refractivity contribution in [3.05, 3.63) is 77.8 Å². The zero-order valence-corrected chi connectivity index (χ0v) is 18.0. The number of hydrogen-bond donors (Lipinski definition) is 0. The lowest BCUT2D eigenvalue weighted by atomic mass is 10.1. The summed E-state index contributed by atoms with van der Waals surface area (Å²) in [7, 11) is -3.28. The fraction of sp³-hybridized carbons (Fsp3) is 0.304. The van der Waals surface area contributed by atoms with Crippen molar-refractivity contribution in [1.82, 2.24) is 9.97 Å². The highest BCUT2D eigenvalue weighted by Gasteiger charge is 2.29. The monoisotopic (exact) mass is 424 g/mol. The van der Waals surface area contributed by atoms with E-state index in [0.717, 1.165) is 29.2 Å². The van der Waals surface area contributed by atoms with E-state index in [1.54, 1.807) is 12.3 Å². The second-order valence-electron chi connectivity index (χ2n) is 7.33. The first-order chi connectivity index (χ1) is 14.1. The summed E-state index contributed by atoms with van der Waals surface area (Å²) >= 11 is 1.30. The van der Waals surface area contributed by atoms with Crippen LogP contribution in [0.25, 0.3) is 10.6 Å². The number of rotatable bonds is 7. The third-order valence-electron chi connectivity index (χ3n) is 5.15. The van der Waals surface area contributed by atoms with E-state index in [0.29, 0.717) is 23.5 Å². The van der Waals surface area contributed by atoms with E-state index in [1.165, 1.54) is 22.5 Å². The SMILES string of the molecule is CCCc1ccc(Cc2nccc(-c3ccc(S(=O)(=O)C4CC=CC4)s3)n2)cc1. The highest BCUT2D eigenvalue weighted by Crippen LogP contribution is 2.34. The van der Waals surface area contributed by atoms with Gasteiger partial charge in [-0.2, -0.15) is 0 Å². The molecule has 1 aliphatic rings. The van der Waals surface area contributed by atoms with Crippen molar-refractivity contribution in [1.29, 1.82) is 0 Å². The minimum absolute atomic E-state index is 0.328. The molecule has 0 radical (unpaired) electrons. The van der Waals surface area contributed by atoms with Gasteiger partial charge in [0, 0.05) is 12.6 Å². The fourth-order valence-electron chi connectivity index (χ4n) is 3.54. The Kier molecular flexibility index (Phi) is 5.92. The van der Waals surface area contributed by atoms with Gasteiger partial charge in [0.15, 0.2) is 9.84 Å². The second kappa shape index (κ2) is 8.59. The molecule has 0 spiro atoms. The number of sulfone groups is 1. The summed E-state index contributed by atoms with van der Waals surface area (Å²) in [4.78, 5) is 9.94. The van der Waals surface area contributed by atoms with E-state index in [9.17, 15) is 8.42 Å². The maximum absolute atomic E-state index is 12.8. The standard InChI is InChI=1S/C23H24N2O2S2/c1-2-5-17-8-10-18(11-9-17)16-22-24-15-14-20(25-22)21-12-13-23(28-21)29(26,27)19-6-3-4-7-19/h3-4,8-15,19H,2,5-7,16H2,1H3. The molecule has 0 amide bonds. The molecule has 0 saturated carbocycles. The topological polar surface area (TPSA) is 59.9 Å². The van der Waals surface area contributed by atoms with Gasteiger partial charge in [0.05, 0.1) is 15.8 Å². The Morgan fingerprint density at radius 2 is 1.72 bits per heavy atom. The van der Waals surface area contributed by atoms with Gasteiger partial charge in [0.2, 0.25) is 0 Å². The molecule has 4 rings (SSSR count). The van der Waals surface area contributed by atoms with Gasteiger partial charge in [-0.25, -0.2) is 18.4 Å². The highest BCUT2D eigenvalue weighted by molar-refractivity contribution is 7.94. The van der Waals surface area contributed by atoms with Crippen LogP contribution in [-0.4, -0.2) is 23.6 Å². The number of benzene rings is 1. The van der Waals surface area contributed by atoms with Crippen LogP contribution in [0.1, 0.15) is 43.1 Å². The van der Waals surface area contributed by atoms with Gasteiger partial charge < -0.3 is 0 Å². The van der Waals surface area contributed by atoms with Gasteiger partial charge >= 0.3 is 0 Å². The van der Waals surface area contributed by atoms with Crippen LogP contribution in [0.4, 0.5) is 0 Å². The van der Waals surface area contributed by atoms with Crippen molar-refractivity contribution >= 4 is 21.2 Å². The second-order valence-corrected chi connectivity index (χ2v) is 10.9. The molecular weight excluding hydrogens is 400 g/mol. The average molecular weight is 425 g/mol. The van der Waals surface area contributed by atoms with Crippen LogP contribution in [0, 0.1) is 0 Å². The molecular formula is C23H24N2O2S2. The summed E-state index contributed by atoms with van der Waals surface area (Å²) in [5.74, 6) is 0.739. The van der Waals surface area contributed by atoms with Crippen molar-refractivity contribution in [2.75, 3.05) is 0 Å². The Morgan fingerprint density at radius 3 is 2.45 bits per heavy atom. The van der Waals surface area contributed by atoms with Crippen LogP contribution in [0.2, 0.25) is 0 Å². The maximum Gasteiger partial charge on any atom is 0.191 e. The van der Waals surface area contributed by atoms with Gasteiger partial charge in [0.25, 0.3) is 0 Å². The van der Waals surface area contributed by atoms with Crippen molar-refractivity contribution in [2.45, 2.75) is 48.5 Å². The lowest BCUT2D eigenvalue weighted by molar-refractivity contribution is 0.584. The minimum atomic E-state index is -3.28. The molecule has 150 valence electrons. The van der Waals surface area contributed by atoms with E-state index >= 15 is 0 Å². The van der Waals surface area contributed by atoms with Gasteiger partial charge in [-0.1, -0.05) is 49.8 Å². The molecule has 0 unspecified atom stereocenters. The lowest BCUT2D eigenvalue weighted by Gasteiger charge is -2.08. The Hall–Kier alpha value is -2.31. The van der Waals surface area contributed by atoms with Crippen LogP contribution >= 0.6 is 11.3 Å². The van der Waals surface area contributed by atoms with Gasteiger partial charge in [-0.05, 0) is 48.6 Å². The molecule has 6 heteroatoms. The molecule has 2 aromatic heterocycles. The number of allylic oxidation sites excluding steroid dienone is 2. The van der Waals surface area contributed by atoms with Crippen LogP contribution in [0.15, 0.2) is 65.0 Å². The molecule has 0 bridgehead atoms. The first-order valence-electron chi connectivity index (χ1n) is 9.95. The maximum atomic E-state index is 12.8. The molecule has 4 nitrogen and oxygen atoms in total. The molecule has 0 atom stereocenters. The summed E-state index contributed by atoms with van der Waals surface area (Å²) in [5, 5.41) is -0.328. The molecule has 29 heavy (non-hydrogen) atoms. The Balaban J connectivity index is 1.52. The van der Waals surface area contributed by atoms with Crippen molar-refractivity contribution in [2.24, 2.45) is 0 Å². The highest BCUT2D eigenvalue weighted by atomic mass is 32.2. The smallest absolute Gasteiger partial charge is 0.191 e. The fourth-order valence-corrected chi connectivity index (χ4v) is 6.70. The Labute approximate surface area is 176 Å². The van der Waals surface area contributed by atoms with E-state index in [-0.39, 0.29) is 5.25 Å². The number of aryl methyl sites for hydroxylation is 1. The average Bonchev–Trinajstić information content (AvgIpc) is 3.43. The van der Waals surface area contributed by atoms with Crippen LogP contribution < -0.4 is 0 Å². The van der Waals surface area contributed by atoms with Crippen molar-refractivity contribution < 1.29 is 8.42 Å². The molecule has 3 aromatic rings. The van der Waals surface area contributed by atoms with E-state index in [4.69, 9.17) is 0 Å². The predicted molar refractivity (Wildman–Crippen MR) is 118 cm³/mol. The van der Waals surface area contributed by atoms with Gasteiger partial charge in [0.1, 0.15) is 10.0 Å².